The van der Waals surface area contributed by atoms with E-state index in [1.165, 1.54) is 18.3 Å². The summed E-state index contributed by atoms with van der Waals surface area (Å²) in [6.45, 7) is 1.96. The average molecular weight is 291 g/mol. The van der Waals surface area contributed by atoms with E-state index in [4.69, 9.17) is 5.26 Å². The third kappa shape index (κ3) is 2.68. The molecule has 0 unspecified atom stereocenters. The Morgan fingerprint density at radius 2 is 2.25 bits per heavy atom. The molecule has 2 aromatic heterocycles. The van der Waals surface area contributed by atoms with Crippen molar-refractivity contribution in [1.29, 1.82) is 5.26 Å². The lowest BCUT2D eigenvalue weighted by Crippen LogP contribution is -2.24. The van der Waals surface area contributed by atoms with E-state index in [9.17, 15) is 8.42 Å². The molecule has 1 N–H and O–H groups in total. The van der Waals surface area contributed by atoms with Crippen LogP contribution in [0.3, 0.4) is 0 Å². The van der Waals surface area contributed by atoms with Gasteiger partial charge in [-0.25, -0.2) is 18.1 Å². The Hall–Kier alpha value is -2.24. The topological polar surface area (TPSA) is 101 Å². The summed E-state index contributed by atoms with van der Waals surface area (Å²) in [6, 6.07) is 4.60. The first kappa shape index (κ1) is 14.2. The predicted octanol–water partition coefficient (Wildman–Crippen LogP) is 0.474. The van der Waals surface area contributed by atoms with Gasteiger partial charge in [0.15, 0.2) is 5.69 Å². The van der Waals surface area contributed by atoms with Gasteiger partial charge in [0.05, 0.1) is 6.20 Å². The summed E-state index contributed by atoms with van der Waals surface area (Å²) in [4.78, 5) is 3.62. The van der Waals surface area contributed by atoms with Crippen LogP contribution in [-0.4, -0.2) is 23.2 Å². The van der Waals surface area contributed by atoms with E-state index >= 15 is 0 Å². The molecule has 104 valence electrons. The molecule has 0 amide bonds. The molecule has 0 bridgehead atoms. The van der Waals surface area contributed by atoms with Crippen LogP contribution in [0.1, 0.15) is 17.0 Å². The Morgan fingerprint density at radius 1 is 1.50 bits per heavy atom. The van der Waals surface area contributed by atoms with Gasteiger partial charge in [-0.05, 0) is 19.1 Å². The number of hydrogen-bond donors (Lipinski definition) is 1. The molecule has 0 spiro atoms. The van der Waals surface area contributed by atoms with Gasteiger partial charge in [0.2, 0.25) is 10.0 Å². The highest BCUT2D eigenvalue weighted by molar-refractivity contribution is 7.89. The number of pyridine rings is 1. The van der Waals surface area contributed by atoms with Gasteiger partial charge in [-0.2, -0.15) is 10.4 Å². The number of aryl methyl sites for hydroxylation is 1. The quantitative estimate of drug-likeness (QED) is 0.882. The Balaban J connectivity index is 2.24. The normalized spacial score (nSPS) is 11.2. The van der Waals surface area contributed by atoms with Gasteiger partial charge in [-0.15, -0.1) is 0 Å². The molecule has 0 saturated carbocycles. The van der Waals surface area contributed by atoms with E-state index in [-0.39, 0.29) is 17.1 Å². The molecule has 0 aliphatic rings. The zero-order chi connectivity index (χ0) is 14.8. The lowest BCUT2D eigenvalue weighted by atomic mass is 10.3. The first-order valence-corrected chi connectivity index (χ1v) is 7.26. The van der Waals surface area contributed by atoms with Crippen molar-refractivity contribution in [3.8, 4) is 6.07 Å². The number of rotatable bonds is 4. The van der Waals surface area contributed by atoms with Crippen LogP contribution in [-0.2, 0) is 23.6 Å². The molecule has 7 nitrogen and oxygen atoms in total. The number of aromatic nitrogens is 3. The highest BCUT2D eigenvalue weighted by atomic mass is 32.2. The van der Waals surface area contributed by atoms with Crippen LogP contribution in [0.15, 0.2) is 29.4 Å². The molecule has 0 aliphatic carbocycles. The van der Waals surface area contributed by atoms with E-state index in [1.807, 2.05) is 6.92 Å². The van der Waals surface area contributed by atoms with Crippen LogP contribution in [0, 0.1) is 18.3 Å². The standard InChI is InChI=1S/C12H13N5O2S/c1-9-10(7-15-17(9)2)8-16-20(18,19)12-4-3-5-14-11(12)6-13/h3-5,7,16H,8H2,1-2H3. The Bertz CT molecular complexity index is 773. The number of sulfonamides is 1. The minimum absolute atomic E-state index is 0.113. The van der Waals surface area contributed by atoms with Crippen molar-refractivity contribution in [3.63, 3.8) is 0 Å². The predicted molar refractivity (Wildman–Crippen MR) is 70.9 cm³/mol. The highest BCUT2D eigenvalue weighted by Gasteiger charge is 2.19. The van der Waals surface area contributed by atoms with Gasteiger partial charge >= 0.3 is 0 Å². The molecule has 0 radical (unpaired) electrons. The number of nitriles is 1. The summed E-state index contributed by atoms with van der Waals surface area (Å²) >= 11 is 0. The van der Waals surface area contributed by atoms with Crippen LogP contribution in [0.4, 0.5) is 0 Å². The van der Waals surface area contributed by atoms with E-state index < -0.39 is 10.0 Å². The van der Waals surface area contributed by atoms with Crippen molar-refractivity contribution < 1.29 is 8.42 Å². The SMILES string of the molecule is Cc1c(CNS(=O)(=O)c2cccnc2C#N)cnn1C. The molecule has 0 aliphatic heterocycles. The largest absolute Gasteiger partial charge is 0.273 e. The second-order valence-corrected chi connectivity index (χ2v) is 5.90. The number of hydrogen-bond acceptors (Lipinski definition) is 5. The summed E-state index contributed by atoms with van der Waals surface area (Å²) in [7, 11) is -2.00. The maximum Gasteiger partial charge on any atom is 0.243 e. The first-order valence-electron chi connectivity index (χ1n) is 5.78. The summed E-state index contributed by atoms with van der Waals surface area (Å²) in [5.74, 6) is 0. The van der Waals surface area contributed by atoms with Crippen LogP contribution < -0.4 is 4.72 Å². The number of nitrogens with zero attached hydrogens (tertiary/aromatic N) is 4. The fourth-order valence-electron chi connectivity index (χ4n) is 1.66. The van der Waals surface area contributed by atoms with Crippen molar-refractivity contribution in [2.45, 2.75) is 18.4 Å². The first-order chi connectivity index (χ1) is 9.45. The van der Waals surface area contributed by atoms with E-state index in [0.29, 0.717) is 0 Å². The Morgan fingerprint density at radius 3 is 2.85 bits per heavy atom. The van der Waals surface area contributed by atoms with E-state index in [0.717, 1.165) is 11.3 Å². The molecule has 2 heterocycles. The van der Waals surface area contributed by atoms with Gasteiger partial charge in [0.25, 0.3) is 0 Å². The molecule has 2 aromatic rings. The van der Waals surface area contributed by atoms with Crippen LogP contribution in [0.2, 0.25) is 0 Å². The molecule has 0 aromatic carbocycles. The van der Waals surface area contributed by atoms with Gasteiger partial charge in [0, 0.05) is 31.0 Å². The molecule has 8 heteroatoms. The fourth-order valence-corrected chi connectivity index (χ4v) is 2.77. The molecular weight excluding hydrogens is 278 g/mol. The lowest BCUT2D eigenvalue weighted by molar-refractivity contribution is 0.580. The van der Waals surface area contributed by atoms with Crippen molar-refractivity contribution in [2.75, 3.05) is 0 Å². The maximum atomic E-state index is 12.2. The Labute approximate surface area is 116 Å². The molecule has 0 atom stereocenters. The maximum absolute atomic E-state index is 12.2. The van der Waals surface area contributed by atoms with E-state index in [2.05, 4.69) is 14.8 Å². The zero-order valence-electron chi connectivity index (χ0n) is 11.0. The Kier molecular flexibility index (Phi) is 3.83. The van der Waals surface area contributed by atoms with Crippen molar-refractivity contribution in [3.05, 3.63) is 41.5 Å². The van der Waals surface area contributed by atoms with Gasteiger partial charge in [-0.3, -0.25) is 4.68 Å². The monoisotopic (exact) mass is 291 g/mol. The third-order valence-corrected chi connectivity index (χ3v) is 4.39. The van der Waals surface area contributed by atoms with Crippen molar-refractivity contribution in [1.82, 2.24) is 19.5 Å². The molecular formula is C12H13N5O2S. The van der Waals surface area contributed by atoms with Gasteiger partial charge in [0.1, 0.15) is 11.0 Å². The van der Waals surface area contributed by atoms with Crippen molar-refractivity contribution in [2.24, 2.45) is 7.05 Å². The summed E-state index contributed by atoms with van der Waals surface area (Å²) in [6.07, 6.45) is 2.98. The summed E-state index contributed by atoms with van der Waals surface area (Å²) in [5, 5.41) is 12.9. The second-order valence-electron chi connectivity index (χ2n) is 4.17. The summed E-state index contributed by atoms with van der Waals surface area (Å²) < 4.78 is 28.5. The fraction of sp³-hybridized carbons (Fsp3) is 0.250. The van der Waals surface area contributed by atoms with E-state index in [1.54, 1.807) is 24.0 Å². The third-order valence-electron chi connectivity index (χ3n) is 2.96. The van der Waals surface area contributed by atoms with Crippen LogP contribution in [0.5, 0.6) is 0 Å². The van der Waals surface area contributed by atoms with Gasteiger partial charge in [-0.1, -0.05) is 0 Å². The molecule has 0 fully saturated rings. The highest BCUT2D eigenvalue weighted by Crippen LogP contribution is 2.13. The minimum Gasteiger partial charge on any atom is -0.273 e. The zero-order valence-corrected chi connectivity index (χ0v) is 11.8. The van der Waals surface area contributed by atoms with Crippen molar-refractivity contribution >= 4 is 10.0 Å². The number of nitrogens with one attached hydrogen (secondary N) is 1. The molecule has 2 rings (SSSR count). The van der Waals surface area contributed by atoms with Crippen LogP contribution >= 0.6 is 0 Å². The minimum atomic E-state index is -3.78. The second kappa shape index (κ2) is 5.40. The smallest absolute Gasteiger partial charge is 0.243 e. The molecule has 20 heavy (non-hydrogen) atoms. The van der Waals surface area contributed by atoms with Crippen LogP contribution in [0.25, 0.3) is 0 Å². The van der Waals surface area contributed by atoms with Gasteiger partial charge < -0.3 is 0 Å². The molecule has 0 saturated heterocycles. The summed E-state index contributed by atoms with van der Waals surface area (Å²) in [5.41, 5.74) is 1.53. The lowest BCUT2D eigenvalue weighted by Gasteiger charge is -2.07. The average Bonchev–Trinajstić information content (AvgIpc) is 2.76.